The van der Waals surface area contributed by atoms with Crippen molar-refractivity contribution >= 4 is 28.6 Å². The first kappa shape index (κ1) is 19.7. The van der Waals surface area contributed by atoms with E-state index in [4.69, 9.17) is 10.7 Å². The monoisotopic (exact) mass is 398 g/mol. The lowest BCUT2D eigenvalue weighted by Crippen LogP contribution is -2.39. The van der Waals surface area contributed by atoms with Gasteiger partial charge in [-0.25, -0.2) is 4.98 Å². The average Bonchev–Trinajstić information content (AvgIpc) is 3.22. The lowest BCUT2D eigenvalue weighted by Gasteiger charge is -2.29. The summed E-state index contributed by atoms with van der Waals surface area (Å²) in [5, 5.41) is 7.17. The molecule has 0 spiro atoms. The van der Waals surface area contributed by atoms with Crippen LogP contribution in [0.1, 0.15) is 69.9 Å². The molecule has 2 heterocycles. The van der Waals surface area contributed by atoms with Gasteiger partial charge in [0, 0.05) is 36.8 Å². The third-order valence-electron chi connectivity index (χ3n) is 6.39. The van der Waals surface area contributed by atoms with Crippen LogP contribution in [-0.4, -0.2) is 32.5 Å². The minimum absolute atomic E-state index is 0.0250. The molecule has 0 atom stereocenters. The number of fused-ring (bicyclic) bond motifs is 1. The second-order valence-electron chi connectivity index (χ2n) is 8.48. The summed E-state index contributed by atoms with van der Waals surface area (Å²) >= 11 is 0. The quantitative estimate of drug-likeness (QED) is 0.729. The molecule has 0 unspecified atom stereocenters. The summed E-state index contributed by atoms with van der Waals surface area (Å²) in [5.74, 6) is 0.562. The second-order valence-corrected chi connectivity index (χ2v) is 8.48. The summed E-state index contributed by atoms with van der Waals surface area (Å²) in [7, 11) is 0. The zero-order valence-corrected chi connectivity index (χ0v) is 17.2. The van der Waals surface area contributed by atoms with E-state index in [9.17, 15) is 9.59 Å². The highest BCUT2D eigenvalue weighted by Gasteiger charge is 2.25. The minimum Gasteiger partial charge on any atom is -0.398 e. The van der Waals surface area contributed by atoms with Gasteiger partial charge in [-0.2, -0.15) is 4.98 Å². The summed E-state index contributed by atoms with van der Waals surface area (Å²) in [6, 6.07) is 0.686. The molecule has 0 saturated heterocycles. The number of aromatic nitrogens is 3. The summed E-state index contributed by atoms with van der Waals surface area (Å²) in [4.78, 5) is 33.4. The van der Waals surface area contributed by atoms with Gasteiger partial charge < -0.3 is 16.4 Å². The Balaban J connectivity index is 1.60. The summed E-state index contributed by atoms with van der Waals surface area (Å²) in [6.07, 6.45) is 9.76. The Kier molecular flexibility index (Phi) is 5.43. The average molecular weight is 399 g/mol. The number of nitrogens with one attached hydrogen (secondary N) is 2. The van der Waals surface area contributed by atoms with Crippen LogP contribution in [0.4, 0.5) is 11.6 Å². The van der Waals surface area contributed by atoms with Crippen molar-refractivity contribution in [1.82, 2.24) is 19.9 Å². The molecule has 4 N–H and O–H groups in total. The van der Waals surface area contributed by atoms with Gasteiger partial charge in [0.1, 0.15) is 0 Å². The van der Waals surface area contributed by atoms with Crippen molar-refractivity contribution in [2.24, 2.45) is 0 Å². The fourth-order valence-electron chi connectivity index (χ4n) is 4.76. The van der Waals surface area contributed by atoms with Crippen LogP contribution in [0.15, 0.2) is 11.0 Å². The van der Waals surface area contributed by atoms with Gasteiger partial charge in [0.25, 0.3) is 5.56 Å². The SMILES string of the molecule is CC(=O)NC1CCC(Nc2ncc3c(N)c(C)c(=O)n(C4CCCC4)c3n2)CC1. The topological polar surface area (TPSA) is 115 Å². The molecule has 0 aliphatic heterocycles. The number of carbonyl (C=O) groups excluding carboxylic acids is 1. The maximum absolute atomic E-state index is 13.0. The first-order chi connectivity index (χ1) is 13.9. The molecule has 8 nitrogen and oxygen atoms in total. The van der Waals surface area contributed by atoms with Crippen LogP contribution in [0, 0.1) is 6.92 Å². The predicted octanol–water partition coefficient (Wildman–Crippen LogP) is 2.66. The Morgan fingerprint density at radius 1 is 1.14 bits per heavy atom. The Hall–Kier alpha value is -2.64. The first-order valence-electron chi connectivity index (χ1n) is 10.6. The third kappa shape index (κ3) is 3.93. The van der Waals surface area contributed by atoms with Crippen molar-refractivity contribution < 1.29 is 4.79 Å². The maximum Gasteiger partial charge on any atom is 0.257 e. The van der Waals surface area contributed by atoms with Crippen LogP contribution in [0.5, 0.6) is 0 Å². The highest BCUT2D eigenvalue weighted by molar-refractivity contribution is 5.89. The van der Waals surface area contributed by atoms with E-state index >= 15 is 0 Å². The van der Waals surface area contributed by atoms with Crippen molar-refractivity contribution in [3.8, 4) is 0 Å². The molecule has 156 valence electrons. The minimum atomic E-state index is -0.0395. The molecule has 0 radical (unpaired) electrons. The normalized spacial score (nSPS) is 22.7. The molecule has 2 aliphatic rings. The molecule has 2 aromatic heterocycles. The number of hydrogen-bond acceptors (Lipinski definition) is 6. The lowest BCUT2D eigenvalue weighted by molar-refractivity contribution is -0.119. The van der Waals surface area contributed by atoms with Crippen molar-refractivity contribution in [2.75, 3.05) is 11.1 Å². The lowest BCUT2D eigenvalue weighted by atomic mass is 9.91. The second kappa shape index (κ2) is 8.00. The van der Waals surface area contributed by atoms with Crippen molar-refractivity contribution in [2.45, 2.75) is 83.3 Å². The Bertz CT molecular complexity index is 971. The number of hydrogen-bond donors (Lipinski definition) is 3. The standard InChI is InChI=1S/C21H30N6O2/c1-12-18(22)17-11-23-21(25-15-9-7-14(8-10-15)24-13(2)28)26-19(17)27(20(12)29)16-5-3-4-6-16/h11,14-16H,3-10,22H2,1-2H3,(H,24,28)(H,23,25,26). The van der Waals surface area contributed by atoms with Gasteiger partial charge in [0.2, 0.25) is 11.9 Å². The molecule has 29 heavy (non-hydrogen) atoms. The van der Waals surface area contributed by atoms with Crippen LogP contribution in [0.25, 0.3) is 11.0 Å². The van der Waals surface area contributed by atoms with E-state index in [-0.39, 0.29) is 29.6 Å². The predicted molar refractivity (Wildman–Crippen MR) is 114 cm³/mol. The molecule has 1 amide bonds. The Morgan fingerprint density at radius 3 is 2.45 bits per heavy atom. The molecule has 8 heteroatoms. The van der Waals surface area contributed by atoms with Gasteiger partial charge in [0.15, 0.2) is 5.65 Å². The van der Waals surface area contributed by atoms with Crippen molar-refractivity contribution in [3.63, 3.8) is 0 Å². The van der Waals surface area contributed by atoms with E-state index in [2.05, 4.69) is 15.6 Å². The highest BCUT2D eigenvalue weighted by atomic mass is 16.1. The molecule has 2 aliphatic carbocycles. The van der Waals surface area contributed by atoms with Gasteiger partial charge in [0.05, 0.1) is 11.1 Å². The van der Waals surface area contributed by atoms with E-state index in [1.165, 1.54) is 0 Å². The maximum atomic E-state index is 13.0. The molecule has 2 aromatic rings. The Labute approximate surface area is 170 Å². The van der Waals surface area contributed by atoms with Crippen LogP contribution in [0.2, 0.25) is 0 Å². The van der Waals surface area contributed by atoms with Crippen molar-refractivity contribution in [1.29, 1.82) is 0 Å². The van der Waals surface area contributed by atoms with E-state index in [0.717, 1.165) is 56.8 Å². The zero-order valence-electron chi connectivity index (χ0n) is 17.2. The third-order valence-corrected chi connectivity index (χ3v) is 6.39. The van der Waals surface area contributed by atoms with Crippen LogP contribution < -0.4 is 21.9 Å². The first-order valence-corrected chi connectivity index (χ1v) is 10.6. The number of rotatable bonds is 4. The number of pyridine rings is 1. The summed E-state index contributed by atoms with van der Waals surface area (Å²) < 4.78 is 1.84. The smallest absolute Gasteiger partial charge is 0.257 e. The fourth-order valence-corrected chi connectivity index (χ4v) is 4.76. The number of amides is 1. The molecule has 2 fully saturated rings. The number of anilines is 2. The highest BCUT2D eigenvalue weighted by Crippen LogP contribution is 2.32. The molecule has 0 aromatic carbocycles. The van der Waals surface area contributed by atoms with Gasteiger partial charge in [-0.3, -0.25) is 14.2 Å². The molecular weight excluding hydrogens is 368 g/mol. The zero-order chi connectivity index (χ0) is 20.5. The number of carbonyl (C=O) groups is 1. The van der Waals surface area contributed by atoms with E-state index in [1.807, 2.05) is 4.57 Å². The number of nitrogens with zero attached hydrogens (tertiary/aromatic N) is 3. The number of nitrogen functional groups attached to an aromatic ring is 1. The van der Waals surface area contributed by atoms with Crippen LogP contribution in [-0.2, 0) is 4.79 Å². The molecule has 2 saturated carbocycles. The van der Waals surface area contributed by atoms with Gasteiger partial charge >= 0.3 is 0 Å². The molecular formula is C21H30N6O2. The fraction of sp³-hybridized carbons (Fsp3) is 0.619. The van der Waals surface area contributed by atoms with Crippen LogP contribution >= 0.6 is 0 Å². The summed E-state index contributed by atoms with van der Waals surface area (Å²) in [6.45, 7) is 3.34. The van der Waals surface area contributed by atoms with Crippen molar-refractivity contribution in [3.05, 3.63) is 22.1 Å². The molecule has 4 rings (SSSR count). The number of nitrogens with two attached hydrogens (primary N) is 1. The van der Waals surface area contributed by atoms with E-state index in [0.29, 0.717) is 22.8 Å². The Morgan fingerprint density at radius 2 is 1.79 bits per heavy atom. The molecule has 0 bridgehead atoms. The van der Waals surface area contributed by atoms with Gasteiger partial charge in [-0.05, 0) is 45.4 Å². The summed E-state index contributed by atoms with van der Waals surface area (Å²) in [5.41, 5.74) is 7.87. The van der Waals surface area contributed by atoms with Gasteiger partial charge in [-0.15, -0.1) is 0 Å². The van der Waals surface area contributed by atoms with E-state index < -0.39 is 0 Å². The van der Waals surface area contributed by atoms with E-state index in [1.54, 1.807) is 20.0 Å². The van der Waals surface area contributed by atoms with Gasteiger partial charge in [-0.1, -0.05) is 12.8 Å². The largest absolute Gasteiger partial charge is 0.398 e. The van der Waals surface area contributed by atoms with Crippen LogP contribution in [0.3, 0.4) is 0 Å².